The molecule has 0 heterocycles. The van der Waals surface area contributed by atoms with Crippen molar-refractivity contribution in [3.8, 4) is 0 Å². The van der Waals surface area contributed by atoms with Crippen LogP contribution >= 0.6 is 0 Å². The topological polar surface area (TPSA) is 66.5 Å². The Labute approximate surface area is 156 Å². The van der Waals surface area contributed by atoms with Crippen LogP contribution in [0.25, 0.3) is 0 Å². The number of nitrogens with one attached hydrogen (secondary N) is 1. The van der Waals surface area contributed by atoms with E-state index in [4.69, 9.17) is 0 Å². The predicted octanol–water partition coefficient (Wildman–Crippen LogP) is 2.67. The fraction of sp³-hybridized carbons (Fsp3) is 0.350. The van der Waals surface area contributed by atoms with Crippen LogP contribution in [0.2, 0.25) is 0 Å². The van der Waals surface area contributed by atoms with Gasteiger partial charge in [0.25, 0.3) is 0 Å². The minimum Gasteiger partial charge on any atom is -0.355 e. The molecule has 0 aromatic heterocycles. The number of aryl methyl sites for hydroxylation is 3. The zero-order valence-electron chi connectivity index (χ0n) is 15.5. The smallest absolute Gasteiger partial charge is 0.243 e. The van der Waals surface area contributed by atoms with E-state index in [-0.39, 0.29) is 17.3 Å². The van der Waals surface area contributed by atoms with Crippen LogP contribution in [-0.2, 0) is 21.2 Å². The van der Waals surface area contributed by atoms with Crippen LogP contribution in [0, 0.1) is 13.8 Å². The molecule has 2 aromatic carbocycles. The van der Waals surface area contributed by atoms with Gasteiger partial charge in [0.05, 0.1) is 11.4 Å². The first-order valence-electron chi connectivity index (χ1n) is 8.64. The zero-order chi connectivity index (χ0) is 19.2. The number of nitrogens with zero attached hydrogens (tertiary/aromatic N) is 1. The number of benzene rings is 2. The minimum absolute atomic E-state index is 0.192. The average molecular weight is 375 g/mol. The van der Waals surface area contributed by atoms with Crippen molar-refractivity contribution in [3.63, 3.8) is 0 Å². The number of carbonyl (C=O) groups is 1. The second-order valence-electron chi connectivity index (χ2n) is 6.51. The molecule has 0 aliphatic heterocycles. The molecule has 1 amide bonds. The van der Waals surface area contributed by atoms with E-state index >= 15 is 0 Å². The highest BCUT2D eigenvalue weighted by Gasteiger charge is 2.22. The second kappa shape index (κ2) is 8.96. The lowest BCUT2D eigenvalue weighted by Crippen LogP contribution is -2.38. The Morgan fingerprint density at radius 1 is 0.962 bits per heavy atom. The summed E-state index contributed by atoms with van der Waals surface area (Å²) in [5.41, 5.74) is 3.43. The van der Waals surface area contributed by atoms with E-state index in [0.717, 1.165) is 22.7 Å². The van der Waals surface area contributed by atoms with Crippen molar-refractivity contribution in [3.05, 3.63) is 65.2 Å². The van der Waals surface area contributed by atoms with E-state index < -0.39 is 10.0 Å². The number of carbonyl (C=O) groups excluding carboxylic acids is 1. The normalized spacial score (nSPS) is 11.5. The van der Waals surface area contributed by atoms with Crippen LogP contribution < -0.4 is 5.32 Å². The van der Waals surface area contributed by atoms with Crippen molar-refractivity contribution in [2.24, 2.45) is 0 Å². The van der Waals surface area contributed by atoms with Gasteiger partial charge in [-0.25, -0.2) is 8.42 Å². The van der Waals surface area contributed by atoms with Gasteiger partial charge in [-0.2, -0.15) is 4.31 Å². The SMILES string of the molecule is Cc1ccc(CCCNC(=O)CN(C)S(=O)(=O)c2ccc(C)cc2)cc1. The summed E-state index contributed by atoms with van der Waals surface area (Å²) in [4.78, 5) is 12.2. The van der Waals surface area contributed by atoms with Crippen LogP contribution in [0.4, 0.5) is 0 Å². The van der Waals surface area contributed by atoms with Gasteiger partial charge < -0.3 is 5.32 Å². The fourth-order valence-corrected chi connectivity index (χ4v) is 3.64. The molecule has 5 nitrogen and oxygen atoms in total. The molecule has 1 N–H and O–H groups in total. The molecular formula is C20H26N2O3S. The Hall–Kier alpha value is -2.18. The second-order valence-corrected chi connectivity index (χ2v) is 8.56. The first-order chi connectivity index (χ1) is 12.3. The molecule has 0 saturated carbocycles. The molecule has 0 bridgehead atoms. The van der Waals surface area contributed by atoms with Gasteiger partial charge in [0.15, 0.2) is 0 Å². The molecule has 0 aliphatic carbocycles. The van der Waals surface area contributed by atoms with Crippen molar-refractivity contribution in [2.75, 3.05) is 20.1 Å². The van der Waals surface area contributed by atoms with E-state index in [1.807, 2.05) is 13.8 Å². The van der Waals surface area contributed by atoms with Crippen molar-refractivity contribution >= 4 is 15.9 Å². The number of amides is 1. The lowest BCUT2D eigenvalue weighted by Gasteiger charge is -2.17. The van der Waals surface area contributed by atoms with Crippen LogP contribution in [0.3, 0.4) is 0 Å². The largest absolute Gasteiger partial charge is 0.355 e. The molecule has 0 radical (unpaired) electrons. The molecule has 26 heavy (non-hydrogen) atoms. The number of hydrogen-bond donors (Lipinski definition) is 1. The van der Waals surface area contributed by atoms with Crippen LogP contribution in [0.5, 0.6) is 0 Å². The minimum atomic E-state index is -3.66. The molecule has 2 rings (SSSR count). The summed E-state index contributed by atoms with van der Waals surface area (Å²) in [6, 6.07) is 14.9. The lowest BCUT2D eigenvalue weighted by molar-refractivity contribution is -0.121. The monoisotopic (exact) mass is 374 g/mol. The Morgan fingerprint density at radius 3 is 2.08 bits per heavy atom. The maximum absolute atomic E-state index is 12.5. The summed E-state index contributed by atoms with van der Waals surface area (Å²) in [5, 5.41) is 2.78. The van der Waals surface area contributed by atoms with Gasteiger partial charge in [0, 0.05) is 13.6 Å². The summed E-state index contributed by atoms with van der Waals surface area (Å²) >= 11 is 0. The number of likely N-dealkylation sites (N-methyl/N-ethyl adjacent to an activating group) is 1. The molecule has 0 unspecified atom stereocenters. The van der Waals surface area contributed by atoms with Crippen molar-refractivity contribution in [2.45, 2.75) is 31.6 Å². The number of sulfonamides is 1. The Balaban J connectivity index is 1.79. The summed E-state index contributed by atoms with van der Waals surface area (Å²) in [6.45, 7) is 4.27. The van der Waals surface area contributed by atoms with Crippen LogP contribution in [-0.4, -0.2) is 38.8 Å². The van der Waals surface area contributed by atoms with Gasteiger partial charge in [0.2, 0.25) is 15.9 Å². The van der Waals surface area contributed by atoms with Gasteiger partial charge in [-0.3, -0.25) is 4.79 Å². The van der Waals surface area contributed by atoms with Gasteiger partial charge in [-0.1, -0.05) is 47.5 Å². The first kappa shape index (κ1) is 20.1. The third-order valence-electron chi connectivity index (χ3n) is 4.18. The molecular weight excluding hydrogens is 348 g/mol. The highest BCUT2D eigenvalue weighted by atomic mass is 32.2. The van der Waals surface area contributed by atoms with Gasteiger partial charge >= 0.3 is 0 Å². The van der Waals surface area contributed by atoms with Gasteiger partial charge in [0.1, 0.15) is 0 Å². The molecule has 0 atom stereocenters. The quantitative estimate of drug-likeness (QED) is 0.723. The average Bonchev–Trinajstić information content (AvgIpc) is 2.60. The Kier molecular flexibility index (Phi) is 6.94. The molecule has 0 aliphatic rings. The third kappa shape index (κ3) is 5.68. The first-order valence-corrected chi connectivity index (χ1v) is 10.1. The van der Waals surface area contributed by atoms with Crippen molar-refractivity contribution in [1.82, 2.24) is 9.62 Å². The molecule has 0 spiro atoms. The molecule has 140 valence electrons. The zero-order valence-corrected chi connectivity index (χ0v) is 16.3. The van der Waals surface area contributed by atoms with Crippen molar-refractivity contribution in [1.29, 1.82) is 0 Å². The van der Waals surface area contributed by atoms with Crippen LogP contribution in [0.1, 0.15) is 23.1 Å². The van der Waals surface area contributed by atoms with Crippen molar-refractivity contribution < 1.29 is 13.2 Å². The molecule has 2 aromatic rings. The van der Waals surface area contributed by atoms with E-state index in [9.17, 15) is 13.2 Å². The maximum Gasteiger partial charge on any atom is 0.243 e. The summed E-state index contributed by atoms with van der Waals surface area (Å²) in [5.74, 6) is -0.299. The summed E-state index contributed by atoms with van der Waals surface area (Å²) < 4.78 is 26.0. The van der Waals surface area contributed by atoms with Gasteiger partial charge in [-0.15, -0.1) is 0 Å². The van der Waals surface area contributed by atoms with E-state index in [1.54, 1.807) is 24.3 Å². The van der Waals surface area contributed by atoms with E-state index in [2.05, 4.69) is 29.6 Å². The summed E-state index contributed by atoms with van der Waals surface area (Å²) in [6.07, 6.45) is 1.68. The Bertz CT molecular complexity index is 828. The highest BCUT2D eigenvalue weighted by Crippen LogP contribution is 2.14. The molecule has 6 heteroatoms. The molecule has 0 fully saturated rings. The van der Waals surface area contributed by atoms with E-state index in [1.165, 1.54) is 18.2 Å². The third-order valence-corrected chi connectivity index (χ3v) is 6.00. The number of hydrogen-bond acceptors (Lipinski definition) is 3. The van der Waals surface area contributed by atoms with Crippen LogP contribution in [0.15, 0.2) is 53.4 Å². The Morgan fingerprint density at radius 2 is 1.50 bits per heavy atom. The summed E-state index contributed by atoms with van der Waals surface area (Å²) in [7, 11) is -2.24. The number of rotatable bonds is 8. The van der Waals surface area contributed by atoms with Gasteiger partial charge in [-0.05, 0) is 44.4 Å². The molecule has 0 saturated heterocycles. The fourth-order valence-electron chi connectivity index (χ4n) is 2.51. The van der Waals surface area contributed by atoms with E-state index in [0.29, 0.717) is 6.54 Å². The standard InChI is InChI=1S/C20H26N2O3S/c1-16-6-10-18(11-7-16)5-4-14-21-20(23)15-22(3)26(24,25)19-12-8-17(2)9-13-19/h6-13H,4-5,14-15H2,1-3H3,(H,21,23). The highest BCUT2D eigenvalue weighted by molar-refractivity contribution is 7.89. The maximum atomic E-state index is 12.5. The lowest BCUT2D eigenvalue weighted by atomic mass is 10.1. The predicted molar refractivity (Wildman–Crippen MR) is 104 cm³/mol.